The number of hydrogen-bond acceptors (Lipinski definition) is 5. The standard InChI is InChI=1S/C22H21F3IN5O2S/c23-17-4-6-20(22(21(17)25)28-19-5-3-16(26)12-18(19)24)29-34(32,33)31-10-8-30(9-11-31)14-15-2-1-7-27-13-15/h1-7,12-13,28-29H,8-11,14H2. The molecule has 0 bridgehead atoms. The molecule has 180 valence electrons. The lowest BCUT2D eigenvalue weighted by Crippen LogP contribution is -2.49. The molecule has 1 fully saturated rings. The van der Waals surface area contributed by atoms with E-state index in [4.69, 9.17) is 0 Å². The number of piperazine rings is 1. The molecule has 1 aliphatic rings. The van der Waals surface area contributed by atoms with E-state index >= 15 is 0 Å². The van der Waals surface area contributed by atoms with Gasteiger partial charge >= 0.3 is 10.2 Å². The van der Waals surface area contributed by atoms with Crippen LogP contribution in [0, 0.1) is 21.0 Å². The van der Waals surface area contributed by atoms with Gasteiger partial charge in [0.25, 0.3) is 0 Å². The van der Waals surface area contributed by atoms with Crippen molar-refractivity contribution in [2.45, 2.75) is 6.54 Å². The number of aromatic nitrogens is 1. The molecule has 1 saturated heterocycles. The maximum absolute atomic E-state index is 14.6. The van der Waals surface area contributed by atoms with Crippen molar-refractivity contribution in [2.75, 3.05) is 36.2 Å². The summed E-state index contributed by atoms with van der Waals surface area (Å²) in [5, 5.41) is 2.48. The van der Waals surface area contributed by atoms with Gasteiger partial charge in [-0.15, -0.1) is 0 Å². The van der Waals surface area contributed by atoms with E-state index in [0.717, 1.165) is 17.7 Å². The first-order valence-corrected chi connectivity index (χ1v) is 12.8. The van der Waals surface area contributed by atoms with Gasteiger partial charge in [-0.3, -0.25) is 14.6 Å². The zero-order chi connectivity index (χ0) is 24.3. The van der Waals surface area contributed by atoms with Crippen molar-refractivity contribution in [3.8, 4) is 0 Å². The Kier molecular flexibility index (Phi) is 7.60. The summed E-state index contributed by atoms with van der Waals surface area (Å²) in [6.07, 6.45) is 3.45. The Labute approximate surface area is 209 Å². The highest BCUT2D eigenvalue weighted by atomic mass is 127. The van der Waals surface area contributed by atoms with Crippen LogP contribution in [0.25, 0.3) is 0 Å². The zero-order valence-electron chi connectivity index (χ0n) is 17.8. The zero-order valence-corrected chi connectivity index (χ0v) is 20.8. The number of pyridine rings is 1. The summed E-state index contributed by atoms with van der Waals surface area (Å²) < 4.78 is 73.0. The summed E-state index contributed by atoms with van der Waals surface area (Å²) in [6, 6.07) is 9.87. The van der Waals surface area contributed by atoms with Crippen LogP contribution in [0.1, 0.15) is 5.56 Å². The molecule has 3 aromatic rings. The molecule has 0 radical (unpaired) electrons. The van der Waals surface area contributed by atoms with Crippen molar-refractivity contribution in [2.24, 2.45) is 0 Å². The van der Waals surface area contributed by atoms with E-state index in [0.29, 0.717) is 23.2 Å². The molecule has 2 N–H and O–H groups in total. The highest BCUT2D eigenvalue weighted by Gasteiger charge is 2.28. The maximum Gasteiger partial charge on any atom is 0.301 e. The molecule has 0 aliphatic carbocycles. The summed E-state index contributed by atoms with van der Waals surface area (Å²) >= 11 is 1.92. The largest absolute Gasteiger partial charge is 0.349 e. The summed E-state index contributed by atoms with van der Waals surface area (Å²) in [5.41, 5.74) is 0.181. The Bertz CT molecular complexity index is 1270. The molecule has 2 heterocycles. The van der Waals surface area contributed by atoms with Crippen molar-refractivity contribution in [1.82, 2.24) is 14.2 Å². The molecular formula is C22H21F3IN5O2S. The monoisotopic (exact) mass is 603 g/mol. The molecular weight excluding hydrogens is 582 g/mol. The minimum Gasteiger partial charge on any atom is -0.349 e. The first-order chi connectivity index (χ1) is 16.2. The van der Waals surface area contributed by atoms with Crippen molar-refractivity contribution in [3.05, 3.63) is 81.4 Å². The summed E-state index contributed by atoms with van der Waals surface area (Å²) in [5.74, 6) is -3.20. The molecule has 12 heteroatoms. The second kappa shape index (κ2) is 10.5. The first kappa shape index (κ1) is 24.7. The van der Waals surface area contributed by atoms with Crippen LogP contribution in [0.15, 0.2) is 54.9 Å². The van der Waals surface area contributed by atoms with Crippen molar-refractivity contribution < 1.29 is 21.6 Å². The molecule has 2 aromatic carbocycles. The van der Waals surface area contributed by atoms with Crippen LogP contribution in [0.2, 0.25) is 0 Å². The molecule has 0 unspecified atom stereocenters. The van der Waals surface area contributed by atoms with Gasteiger partial charge in [0.15, 0.2) is 11.6 Å². The molecule has 1 aromatic heterocycles. The Morgan fingerprint density at radius 2 is 1.71 bits per heavy atom. The Morgan fingerprint density at radius 1 is 0.971 bits per heavy atom. The fourth-order valence-electron chi connectivity index (χ4n) is 3.56. The fraction of sp³-hybridized carbons (Fsp3) is 0.227. The van der Waals surface area contributed by atoms with Crippen LogP contribution in [0.3, 0.4) is 0 Å². The maximum atomic E-state index is 14.6. The fourth-order valence-corrected chi connectivity index (χ4v) is 5.24. The number of benzene rings is 2. The quantitative estimate of drug-likeness (QED) is 0.394. The van der Waals surface area contributed by atoms with Gasteiger partial charge in [0, 0.05) is 48.7 Å². The summed E-state index contributed by atoms with van der Waals surface area (Å²) in [4.78, 5) is 6.19. The Balaban J connectivity index is 1.49. The van der Waals surface area contributed by atoms with Gasteiger partial charge in [-0.25, -0.2) is 13.2 Å². The molecule has 7 nitrogen and oxygen atoms in total. The van der Waals surface area contributed by atoms with Gasteiger partial charge in [0.2, 0.25) is 0 Å². The number of hydrogen-bond donors (Lipinski definition) is 2. The first-order valence-electron chi connectivity index (χ1n) is 10.3. The van der Waals surface area contributed by atoms with Crippen LogP contribution in [-0.2, 0) is 16.8 Å². The van der Waals surface area contributed by atoms with Gasteiger partial charge in [-0.1, -0.05) is 6.07 Å². The second-order valence-electron chi connectivity index (χ2n) is 7.68. The van der Waals surface area contributed by atoms with Crippen LogP contribution in [0.4, 0.5) is 30.2 Å². The number of rotatable bonds is 7. The third kappa shape index (κ3) is 5.79. The molecule has 34 heavy (non-hydrogen) atoms. The van der Waals surface area contributed by atoms with Crippen LogP contribution < -0.4 is 10.0 Å². The average molecular weight is 603 g/mol. The highest BCUT2D eigenvalue weighted by Crippen LogP contribution is 2.33. The second-order valence-corrected chi connectivity index (χ2v) is 10.6. The van der Waals surface area contributed by atoms with Crippen LogP contribution in [-0.4, -0.2) is 48.8 Å². The van der Waals surface area contributed by atoms with Crippen molar-refractivity contribution >= 4 is 49.9 Å². The summed E-state index contributed by atoms with van der Waals surface area (Å²) in [7, 11) is -4.07. The molecule has 0 amide bonds. The minimum atomic E-state index is -4.07. The topological polar surface area (TPSA) is 77.6 Å². The van der Waals surface area contributed by atoms with Gasteiger partial charge in [-0.05, 0) is 64.6 Å². The third-order valence-electron chi connectivity index (χ3n) is 5.32. The van der Waals surface area contributed by atoms with E-state index in [2.05, 4.69) is 19.9 Å². The predicted octanol–water partition coefficient (Wildman–Crippen LogP) is 4.32. The molecule has 0 saturated carbocycles. The normalized spacial score (nSPS) is 15.3. The predicted molar refractivity (Wildman–Crippen MR) is 132 cm³/mol. The van der Waals surface area contributed by atoms with Gasteiger partial charge in [0.05, 0.1) is 11.4 Å². The number of halogens is 4. The SMILES string of the molecule is O=S(=O)(Nc1ccc(F)c(F)c1Nc1ccc(I)cc1F)N1CCN(Cc2cccnc2)CC1. The molecule has 0 spiro atoms. The minimum absolute atomic E-state index is 0.116. The lowest BCUT2D eigenvalue weighted by atomic mass is 10.2. The van der Waals surface area contributed by atoms with E-state index in [1.54, 1.807) is 18.5 Å². The third-order valence-corrected chi connectivity index (χ3v) is 7.52. The van der Waals surface area contributed by atoms with E-state index in [1.165, 1.54) is 16.4 Å². The lowest BCUT2D eigenvalue weighted by Gasteiger charge is -2.34. The number of nitrogens with one attached hydrogen (secondary N) is 2. The van der Waals surface area contributed by atoms with Crippen molar-refractivity contribution in [1.29, 1.82) is 0 Å². The highest BCUT2D eigenvalue weighted by molar-refractivity contribution is 14.1. The van der Waals surface area contributed by atoms with Crippen LogP contribution in [0.5, 0.6) is 0 Å². The summed E-state index contributed by atoms with van der Waals surface area (Å²) in [6.45, 7) is 2.06. The average Bonchev–Trinajstić information content (AvgIpc) is 2.81. The van der Waals surface area contributed by atoms with Gasteiger partial charge in [-0.2, -0.15) is 12.7 Å². The number of nitrogens with zero attached hydrogens (tertiary/aromatic N) is 3. The lowest BCUT2D eigenvalue weighted by molar-refractivity contribution is 0.182. The van der Waals surface area contributed by atoms with E-state index in [-0.39, 0.29) is 24.5 Å². The van der Waals surface area contributed by atoms with E-state index in [9.17, 15) is 21.6 Å². The van der Waals surface area contributed by atoms with E-state index < -0.39 is 33.3 Å². The van der Waals surface area contributed by atoms with Crippen molar-refractivity contribution in [3.63, 3.8) is 0 Å². The van der Waals surface area contributed by atoms with Gasteiger partial charge < -0.3 is 5.32 Å². The smallest absolute Gasteiger partial charge is 0.301 e. The molecule has 0 atom stereocenters. The number of anilines is 3. The van der Waals surface area contributed by atoms with E-state index in [1.807, 2.05) is 34.7 Å². The van der Waals surface area contributed by atoms with Gasteiger partial charge in [0.1, 0.15) is 11.5 Å². The Hall–Kier alpha value is -2.42. The van der Waals surface area contributed by atoms with Crippen LogP contribution >= 0.6 is 22.6 Å². The molecule has 1 aliphatic heterocycles. The molecule has 4 rings (SSSR count). The Morgan fingerprint density at radius 3 is 2.38 bits per heavy atom.